The molecule has 0 fully saturated rings. The minimum Gasteiger partial charge on any atom is -0.135 e. The van der Waals surface area contributed by atoms with Gasteiger partial charge in [-0.15, -0.1) is 11.3 Å². The molecule has 0 aliphatic heterocycles. The van der Waals surface area contributed by atoms with Crippen LogP contribution in [0.15, 0.2) is 84.9 Å². The molecule has 0 bridgehead atoms. The molecule has 0 unspecified atom stereocenters. The number of benzene rings is 6. The van der Waals surface area contributed by atoms with Crippen LogP contribution >= 0.6 is 11.3 Å². The zero-order valence-electron chi connectivity index (χ0n) is 17.5. The van der Waals surface area contributed by atoms with E-state index in [-0.39, 0.29) is 0 Å². The first-order valence-corrected chi connectivity index (χ1v) is 11.6. The highest BCUT2D eigenvalue weighted by Gasteiger charge is 2.17. The Morgan fingerprint density at radius 2 is 1.35 bits per heavy atom. The Morgan fingerprint density at radius 1 is 0.548 bits per heavy atom. The van der Waals surface area contributed by atoms with E-state index in [9.17, 15) is 0 Å². The highest BCUT2D eigenvalue weighted by atomic mass is 32.1. The van der Waals surface area contributed by atoms with Gasteiger partial charge >= 0.3 is 0 Å². The summed E-state index contributed by atoms with van der Waals surface area (Å²) in [6.07, 6.45) is 0. The summed E-state index contributed by atoms with van der Waals surface area (Å²) in [6, 6.07) is 31.7. The van der Waals surface area contributed by atoms with Crippen LogP contribution in [0.3, 0.4) is 0 Å². The molecular weight excluding hydrogens is 392 g/mol. The molecule has 1 aromatic heterocycles. The number of hydrogen-bond donors (Lipinski definition) is 0. The predicted molar refractivity (Wildman–Crippen MR) is 138 cm³/mol. The predicted octanol–water partition coefficient (Wildman–Crippen LogP) is 9.24. The molecule has 146 valence electrons. The van der Waals surface area contributed by atoms with Gasteiger partial charge in [0, 0.05) is 20.2 Å². The summed E-state index contributed by atoms with van der Waals surface area (Å²) in [5.74, 6) is 0. The van der Waals surface area contributed by atoms with Crippen LogP contribution in [0.5, 0.6) is 0 Å². The molecule has 0 saturated heterocycles. The lowest BCUT2D eigenvalue weighted by atomic mass is 9.86. The maximum Gasteiger partial charge on any atom is 0.0390 e. The van der Waals surface area contributed by atoms with Gasteiger partial charge in [0.05, 0.1) is 0 Å². The standard InChI is InChI=1S/C30H20S/c1-17-10-12-24-26(16-20-7-5-6-19-11-13-21(17)29(24)28(19)20)22-14-15-25-23-8-3-4-9-27(23)31-30(25)18(22)2/h3-16H,1-2H3. The fraction of sp³-hybridized carbons (Fsp3) is 0.0667. The van der Waals surface area contributed by atoms with Crippen LogP contribution in [0.25, 0.3) is 63.6 Å². The molecule has 7 rings (SSSR count). The van der Waals surface area contributed by atoms with Gasteiger partial charge in [0.15, 0.2) is 0 Å². The third kappa shape index (κ3) is 2.24. The van der Waals surface area contributed by atoms with Crippen LogP contribution in [-0.4, -0.2) is 0 Å². The molecule has 31 heavy (non-hydrogen) atoms. The van der Waals surface area contributed by atoms with E-state index in [1.165, 1.54) is 74.7 Å². The summed E-state index contributed by atoms with van der Waals surface area (Å²) in [7, 11) is 0. The van der Waals surface area contributed by atoms with Crippen LogP contribution < -0.4 is 0 Å². The second-order valence-electron chi connectivity index (χ2n) is 8.63. The zero-order chi connectivity index (χ0) is 20.7. The maximum atomic E-state index is 2.40. The Hall–Kier alpha value is -3.42. The fourth-order valence-electron chi connectivity index (χ4n) is 5.41. The number of hydrogen-bond acceptors (Lipinski definition) is 1. The monoisotopic (exact) mass is 412 g/mol. The minimum atomic E-state index is 1.32. The van der Waals surface area contributed by atoms with Crippen molar-refractivity contribution in [3.63, 3.8) is 0 Å². The largest absolute Gasteiger partial charge is 0.135 e. The van der Waals surface area contributed by atoms with Crippen LogP contribution in [0.1, 0.15) is 11.1 Å². The zero-order valence-corrected chi connectivity index (χ0v) is 18.3. The first-order valence-electron chi connectivity index (χ1n) is 10.8. The Morgan fingerprint density at radius 3 is 2.29 bits per heavy atom. The van der Waals surface area contributed by atoms with Gasteiger partial charge in [0.2, 0.25) is 0 Å². The van der Waals surface area contributed by atoms with E-state index in [0.29, 0.717) is 0 Å². The van der Waals surface area contributed by atoms with Crippen LogP contribution in [-0.2, 0) is 0 Å². The molecule has 0 nitrogen and oxygen atoms in total. The number of aryl methyl sites for hydroxylation is 2. The summed E-state index contributed by atoms with van der Waals surface area (Å²) in [6.45, 7) is 4.51. The third-order valence-corrected chi connectivity index (χ3v) is 8.25. The average molecular weight is 413 g/mol. The summed E-state index contributed by atoms with van der Waals surface area (Å²) < 4.78 is 2.77. The Bertz CT molecular complexity index is 1800. The van der Waals surface area contributed by atoms with E-state index in [4.69, 9.17) is 0 Å². The SMILES string of the molecule is Cc1ccc2c(-c3ccc4c(sc5ccccc54)c3C)cc3cccc4ccc1c2c43. The van der Waals surface area contributed by atoms with Crippen molar-refractivity contribution in [3.8, 4) is 11.1 Å². The van der Waals surface area contributed by atoms with Crippen molar-refractivity contribution in [1.82, 2.24) is 0 Å². The van der Waals surface area contributed by atoms with Crippen molar-refractivity contribution >= 4 is 63.8 Å². The summed E-state index contributed by atoms with van der Waals surface area (Å²) in [5, 5.41) is 10.9. The van der Waals surface area contributed by atoms with E-state index in [1.807, 2.05) is 11.3 Å². The Kier molecular flexibility index (Phi) is 3.38. The Labute approximate surface area is 184 Å². The second-order valence-corrected chi connectivity index (χ2v) is 9.69. The molecule has 0 amide bonds. The molecule has 0 aliphatic carbocycles. The molecule has 0 atom stereocenters. The average Bonchev–Trinajstić information content (AvgIpc) is 3.18. The lowest BCUT2D eigenvalue weighted by Gasteiger charge is -2.17. The summed E-state index contributed by atoms with van der Waals surface area (Å²) in [5.41, 5.74) is 5.40. The smallest absolute Gasteiger partial charge is 0.0390 e. The van der Waals surface area contributed by atoms with Gasteiger partial charge in [0.25, 0.3) is 0 Å². The first kappa shape index (κ1) is 17.3. The third-order valence-electron chi connectivity index (χ3n) is 6.95. The van der Waals surface area contributed by atoms with Crippen LogP contribution in [0.2, 0.25) is 0 Å². The number of fused-ring (bicyclic) bond motifs is 3. The van der Waals surface area contributed by atoms with Gasteiger partial charge in [-0.2, -0.15) is 0 Å². The van der Waals surface area contributed by atoms with Crippen LogP contribution in [0.4, 0.5) is 0 Å². The normalized spacial score (nSPS) is 12.2. The van der Waals surface area contributed by atoms with Crippen LogP contribution in [0, 0.1) is 13.8 Å². The van der Waals surface area contributed by atoms with E-state index < -0.39 is 0 Å². The molecule has 0 saturated carbocycles. The fourth-order valence-corrected chi connectivity index (χ4v) is 6.62. The molecule has 0 radical (unpaired) electrons. The molecule has 0 N–H and O–H groups in total. The Balaban J connectivity index is 1.65. The first-order chi connectivity index (χ1) is 15.2. The topological polar surface area (TPSA) is 0 Å². The van der Waals surface area contributed by atoms with Gasteiger partial charge in [-0.05, 0) is 80.6 Å². The maximum absolute atomic E-state index is 2.40. The summed E-state index contributed by atoms with van der Waals surface area (Å²) in [4.78, 5) is 0. The van der Waals surface area contributed by atoms with Crippen molar-refractivity contribution in [3.05, 3.63) is 96.1 Å². The molecule has 0 spiro atoms. The molecular formula is C30H20S. The minimum absolute atomic E-state index is 1.32. The molecule has 1 heteroatoms. The van der Waals surface area contributed by atoms with Crippen molar-refractivity contribution in [2.75, 3.05) is 0 Å². The molecule has 7 aromatic rings. The van der Waals surface area contributed by atoms with E-state index in [1.54, 1.807) is 0 Å². The van der Waals surface area contributed by atoms with Gasteiger partial charge in [-0.1, -0.05) is 72.8 Å². The van der Waals surface area contributed by atoms with Crippen molar-refractivity contribution in [2.24, 2.45) is 0 Å². The van der Waals surface area contributed by atoms with E-state index in [2.05, 4.69) is 98.8 Å². The van der Waals surface area contributed by atoms with E-state index in [0.717, 1.165) is 0 Å². The summed E-state index contributed by atoms with van der Waals surface area (Å²) >= 11 is 1.91. The van der Waals surface area contributed by atoms with Crippen molar-refractivity contribution < 1.29 is 0 Å². The molecule has 6 aromatic carbocycles. The molecule has 0 aliphatic rings. The van der Waals surface area contributed by atoms with Gasteiger partial charge < -0.3 is 0 Å². The quantitative estimate of drug-likeness (QED) is 0.236. The number of thiophene rings is 1. The molecule has 1 heterocycles. The number of rotatable bonds is 1. The highest BCUT2D eigenvalue weighted by molar-refractivity contribution is 7.26. The lowest BCUT2D eigenvalue weighted by Crippen LogP contribution is -1.91. The van der Waals surface area contributed by atoms with Gasteiger partial charge in [-0.25, -0.2) is 0 Å². The van der Waals surface area contributed by atoms with Crippen molar-refractivity contribution in [1.29, 1.82) is 0 Å². The van der Waals surface area contributed by atoms with Gasteiger partial charge in [0.1, 0.15) is 0 Å². The second kappa shape index (κ2) is 6.06. The van der Waals surface area contributed by atoms with E-state index >= 15 is 0 Å². The lowest BCUT2D eigenvalue weighted by molar-refractivity contribution is 1.53. The van der Waals surface area contributed by atoms with Crippen molar-refractivity contribution in [2.45, 2.75) is 13.8 Å². The van der Waals surface area contributed by atoms with Gasteiger partial charge in [-0.3, -0.25) is 0 Å². The highest BCUT2D eigenvalue weighted by Crippen LogP contribution is 2.44.